The molecule has 3 aromatic rings. The van der Waals surface area contributed by atoms with Gasteiger partial charge in [-0.15, -0.1) is 0 Å². The molecule has 0 spiro atoms. The van der Waals surface area contributed by atoms with Gasteiger partial charge < -0.3 is 9.73 Å². The molecule has 0 unspecified atom stereocenters. The number of nitrogens with one attached hydrogen (secondary N) is 1. The molecule has 5 nitrogen and oxygen atoms in total. The lowest BCUT2D eigenvalue weighted by atomic mass is 10.2. The van der Waals surface area contributed by atoms with Crippen LogP contribution in [0, 0.1) is 6.92 Å². The third-order valence-electron chi connectivity index (χ3n) is 2.99. The van der Waals surface area contributed by atoms with Gasteiger partial charge in [-0.25, -0.2) is 9.97 Å². The second kappa shape index (κ2) is 4.77. The molecule has 0 atom stereocenters. The van der Waals surface area contributed by atoms with Crippen molar-refractivity contribution in [2.45, 2.75) is 6.92 Å². The van der Waals surface area contributed by atoms with Crippen LogP contribution in [-0.2, 0) is 0 Å². The highest BCUT2D eigenvalue weighted by molar-refractivity contribution is 5.97. The van der Waals surface area contributed by atoms with Crippen LogP contribution >= 0.6 is 0 Å². The van der Waals surface area contributed by atoms with Gasteiger partial charge in [0.1, 0.15) is 11.2 Å². The van der Waals surface area contributed by atoms with Gasteiger partial charge in [-0.2, -0.15) is 0 Å². The summed E-state index contributed by atoms with van der Waals surface area (Å²) in [5.41, 5.74) is 3.40. The van der Waals surface area contributed by atoms with E-state index in [0.29, 0.717) is 28.2 Å². The zero-order valence-corrected chi connectivity index (χ0v) is 11.2. The number of pyridine rings is 1. The van der Waals surface area contributed by atoms with Crippen molar-refractivity contribution in [2.24, 2.45) is 0 Å². The van der Waals surface area contributed by atoms with E-state index in [1.165, 1.54) is 0 Å². The summed E-state index contributed by atoms with van der Waals surface area (Å²) < 4.78 is 5.69. The van der Waals surface area contributed by atoms with Crippen molar-refractivity contribution in [2.75, 3.05) is 7.05 Å². The van der Waals surface area contributed by atoms with Crippen molar-refractivity contribution in [3.63, 3.8) is 0 Å². The number of rotatable bonds is 2. The lowest BCUT2D eigenvalue weighted by Crippen LogP contribution is -2.17. The zero-order chi connectivity index (χ0) is 14.1. The highest BCUT2D eigenvalue weighted by atomic mass is 16.3. The number of nitrogens with zero attached hydrogens (tertiary/aromatic N) is 2. The maximum absolute atomic E-state index is 11.6. The Morgan fingerprint density at radius 2 is 2.05 bits per heavy atom. The van der Waals surface area contributed by atoms with Crippen molar-refractivity contribution >= 4 is 17.0 Å². The molecule has 1 amide bonds. The molecule has 0 aliphatic rings. The van der Waals surface area contributed by atoms with Crippen LogP contribution in [0.4, 0.5) is 0 Å². The topological polar surface area (TPSA) is 68.0 Å². The van der Waals surface area contributed by atoms with Gasteiger partial charge >= 0.3 is 0 Å². The number of benzene rings is 1. The number of aryl methyl sites for hydroxylation is 1. The fourth-order valence-electron chi connectivity index (χ4n) is 1.98. The highest BCUT2D eigenvalue weighted by Gasteiger charge is 2.12. The summed E-state index contributed by atoms with van der Waals surface area (Å²) in [6, 6.07) is 10.8. The van der Waals surface area contributed by atoms with Crippen LogP contribution in [0.3, 0.4) is 0 Å². The molecule has 5 heteroatoms. The molecule has 2 aromatic heterocycles. The van der Waals surface area contributed by atoms with Crippen LogP contribution in [0.15, 0.2) is 40.8 Å². The first-order valence-corrected chi connectivity index (χ1v) is 6.24. The average molecular weight is 267 g/mol. The fraction of sp³-hybridized carbons (Fsp3) is 0.133. The van der Waals surface area contributed by atoms with Gasteiger partial charge in [-0.05, 0) is 37.3 Å². The first kappa shape index (κ1) is 12.3. The summed E-state index contributed by atoms with van der Waals surface area (Å²) in [5, 5.41) is 2.58. The third kappa shape index (κ3) is 2.14. The Kier molecular flexibility index (Phi) is 2.95. The molecule has 0 aliphatic heterocycles. The van der Waals surface area contributed by atoms with E-state index in [1.54, 1.807) is 25.2 Å². The minimum atomic E-state index is -0.154. The number of hydrogen-bond acceptors (Lipinski definition) is 4. The van der Waals surface area contributed by atoms with Crippen molar-refractivity contribution in [3.8, 4) is 11.6 Å². The molecular weight excluding hydrogens is 254 g/mol. The summed E-state index contributed by atoms with van der Waals surface area (Å²) in [4.78, 5) is 20.4. The molecule has 2 heterocycles. The quantitative estimate of drug-likeness (QED) is 0.774. The standard InChI is InChI=1S/C15H13N3O2/c1-9-4-3-5-12(17-9)15-18-11-7-6-10(14(19)16-2)8-13(11)20-15/h3-8H,1-2H3,(H,16,19). The largest absolute Gasteiger partial charge is 0.435 e. The number of oxazole rings is 1. The summed E-state index contributed by atoms with van der Waals surface area (Å²) in [6.45, 7) is 1.91. The van der Waals surface area contributed by atoms with E-state index in [-0.39, 0.29) is 5.91 Å². The van der Waals surface area contributed by atoms with E-state index in [9.17, 15) is 4.79 Å². The molecule has 0 radical (unpaired) electrons. The van der Waals surface area contributed by atoms with Crippen LogP contribution in [0.1, 0.15) is 16.1 Å². The fourth-order valence-corrected chi connectivity index (χ4v) is 1.98. The smallest absolute Gasteiger partial charge is 0.251 e. The predicted octanol–water partition coefficient (Wildman–Crippen LogP) is 2.56. The van der Waals surface area contributed by atoms with Gasteiger partial charge in [-0.1, -0.05) is 6.07 Å². The van der Waals surface area contributed by atoms with Gasteiger partial charge in [0.25, 0.3) is 5.91 Å². The first-order chi connectivity index (χ1) is 9.67. The molecular formula is C15H13N3O2. The average Bonchev–Trinajstić information content (AvgIpc) is 2.89. The summed E-state index contributed by atoms with van der Waals surface area (Å²) >= 11 is 0. The molecule has 0 saturated heterocycles. The Hall–Kier alpha value is -2.69. The highest BCUT2D eigenvalue weighted by Crippen LogP contribution is 2.23. The molecule has 20 heavy (non-hydrogen) atoms. The Bertz CT molecular complexity index is 793. The van der Waals surface area contributed by atoms with Crippen molar-refractivity contribution < 1.29 is 9.21 Å². The van der Waals surface area contributed by atoms with Gasteiger partial charge in [0.15, 0.2) is 5.58 Å². The molecule has 0 bridgehead atoms. The van der Waals surface area contributed by atoms with Crippen LogP contribution < -0.4 is 5.32 Å². The lowest BCUT2D eigenvalue weighted by molar-refractivity contribution is 0.0963. The first-order valence-electron chi connectivity index (χ1n) is 6.24. The van der Waals surface area contributed by atoms with Crippen LogP contribution in [0.25, 0.3) is 22.7 Å². The SMILES string of the molecule is CNC(=O)c1ccc2nc(-c3cccc(C)n3)oc2c1. The lowest BCUT2D eigenvalue weighted by Gasteiger charge is -1.97. The number of hydrogen-bond donors (Lipinski definition) is 1. The minimum Gasteiger partial charge on any atom is -0.435 e. The van der Waals surface area contributed by atoms with Crippen molar-refractivity contribution in [1.82, 2.24) is 15.3 Å². The second-order valence-electron chi connectivity index (χ2n) is 4.44. The Balaban J connectivity index is 2.09. The van der Waals surface area contributed by atoms with E-state index in [4.69, 9.17) is 4.42 Å². The van der Waals surface area contributed by atoms with Crippen molar-refractivity contribution in [3.05, 3.63) is 47.7 Å². The van der Waals surface area contributed by atoms with Crippen LogP contribution in [0.5, 0.6) is 0 Å². The Morgan fingerprint density at radius 3 is 2.80 bits per heavy atom. The van der Waals surface area contributed by atoms with Gasteiger partial charge in [-0.3, -0.25) is 4.79 Å². The second-order valence-corrected chi connectivity index (χ2v) is 4.44. The van der Waals surface area contributed by atoms with Gasteiger partial charge in [0, 0.05) is 18.3 Å². The van der Waals surface area contributed by atoms with E-state index in [2.05, 4.69) is 15.3 Å². The van der Waals surface area contributed by atoms with Crippen LogP contribution in [-0.4, -0.2) is 22.9 Å². The monoisotopic (exact) mass is 267 g/mol. The minimum absolute atomic E-state index is 0.154. The van der Waals surface area contributed by atoms with E-state index in [0.717, 1.165) is 5.69 Å². The maximum atomic E-state index is 11.6. The third-order valence-corrected chi connectivity index (χ3v) is 2.99. The summed E-state index contributed by atoms with van der Waals surface area (Å²) in [7, 11) is 1.59. The van der Waals surface area contributed by atoms with Crippen molar-refractivity contribution in [1.29, 1.82) is 0 Å². The number of aromatic nitrogens is 2. The summed E-state index contributed by atoms with van der Waals surface area (Å²) in [5.74, 6) is 0.302. The molecule has 1 aromatic carbocycles. The molecule has 1 N–H and O–H groups in total. The molecule has 100 valence electrons. The van der Waals surface area contributed by atoms with Crippen LogP contribution in [0.2, 0.25) is 0 Å². The molecule has 0 fully saturated rings. The number of carbonyl (C=O) groups excluding carboxylic acids is 1. The maximum Gasteiger partial charge on any atom is 0.251 e. The van der Waals surface area contributed by atoms with E-state index < -0.39 is 0 Å². The predicted molar refractivity (Wildman–Crippen MR) is 75.4 cm³/mol. The Labute approximate surface area is 115 Å². The molecule has 0 saturated carbocycles. The van der Waals surface area contributed by atoms with E-state index in [1.807, 2.05) is 25.1 Å². The molecule has 3 rings (SSSR count). The number of fused-ring (bicyclic) bond motifs is 1. The summed E-state index contributed by atoms with van der Waals surface area (Å²) in [6.07, 6.45) is 0. The number of carbonyl (C=O) groups is 1. The number of amides is 1. The Morgan fingerprint density at radius 1 is 1.20 bits per heavy atom. The van der Waals surface area contributed by atoms with E-state index >= 15 is 0 Å². The zero-order valence-electron chi connectivity index (χ0n) is 11.2. The van der Waals surface area contributed by atoms with Gasteiger partial charge in [0.2, 0.25) is 5.89 Å². The molecule has 0 aliphatic carbocycles. The van der Waals surface area contributed by atoms with Gasteiger partial charge in [0.05, 0.1) is 0 Å². The normalized spacial score (nSPS) is 10.7.